The van der Waals surface area contributed by atoms with Crippen molar-refractivity contribution in [3.8, 4) is 0 Å². The molecular formula is C9H16N2O3. The van der Waals surface area contributed by atoms with E-state index in [1.807, 2.05) is 0 Å². The number of rotatable bonds is 4. The highest BCUT2D eigenvalue weighted by atomic mass is 16.5. The summed E-state index contributed by atoms with van der Waals surface area (Å²) in [6.45, 7) is 2.42. The fourth-order valence-electron chi connectivity index (χ4n) is 1.77. The zero-order valence-electron chi connectivity index (χ0n) is 8.34. The second-order valence-corrected chi connectivity index (χ2v) is 3.73. The minimum Gasteiger partial charge on any atom is -0.464 e. The molecule has 1 fully saturated rings. The van der Waals surface area contributed by atoms with E-state index in [9.17, 15) is 9.59 Å². The third-order valence-corrected chi connectivity index (χ3v) is 2.40. The van der Waals surface area contributed by atoms with Crippen LogP contribution in [0.5, 0.6) is 0 Å². The molecule has 1 aliphatic rings. The molecule has 0 aromatic heterocycles. The van der Waals surface area contributed by atoms with Crippen LogP contribution in [0.4, 0.5) is 0 Å². The lowest BCUT2D eigenvalue weighted by Gasteiger charge is -2.27. The molecule has 1 heterocycles. The van der Waals surface area contributed by atoms with E-state index in [0.29, 0.717) is 0 Å². The zero-order chi connectivity index (χ0) is 10.6. The van der Waals surface area contributed by atoms with Crippen molar-refractivity contribution in [1.29, 1.82) is 0 Å². The molecule has 14 heavy (non-hydrogen) atoms. The van der Waals surface area contributed by atoms with Crippen LogP contribution >= 0.6 is 0 Å². The van der Waals surface area contributed by atoms with E-state index in [0.717, 1.165) is 19.4 Å². The largest absolute Gasteiger partial charge is 0.464 e. The summed E-state index contributed by atoms with van der Waals surface area (Å²) in [7, 11) is 0. The molecule has 1 saturated heterocycles. The third-order valence-electron chi connectivity index (χ3n) is 2.40. The first-order chi connectivity index (χ1) is 6.54. The van der Waals surface area contributed by atoms with Crippen LogP contribution in [0.25, 0.3) is 0 Å². The van der Waals surface area contributed by atoms with Gasteiger partial charge in [0.1, 0.15) is 6.61 Å². The van der Waals surface area contributed by atoms with Gasteiger partial charge in [0.25, 0.3) is 0 Å². The Labute approximate surface area is 83.0 Å². The van der Waals surface area contributed by atoms with Gasteiger partial charge in [0.05, 0.1) is 5.54 Å². The summed E-state index contributed by atoms with van der Waals surface area (Å²) in [6.07, 6.45) is 2.03. The Morgan fingerprint density at radius 2 is 2.29 bits per heavy atom. The molecule has 0 bridgehead atoms. The molecule has 0 spiro atoms. The molecule has 0 saturated carbocycles. The van der Waals surface area contributed by atoms with Crippen LogP contribution in [0, 0.1) is 0 Å². The van der Waals surface area contributed by atoms with Crippen LogP contribution in [0.1, 0.15) is 26.2 Å². The van der Waals surface area contributed by atoms with Crippen molar-refractivity contribution < 1.29 is 14.3 Å². The minimum atomic E-state index is -0.419. The second-order valence-electron chi connectivity index (χ2n) is 3.73. The number of hydrogen-bond donors (Lipinski definition) is 2. The number of ether oxygens (including phenoxy) is 1. The van der Waals surface area contributed by atoms with Gasteiger partial charge in [-0.3, -0.25) is 9.59 Å². The second kappa shape index (κ2) is 4.41. The first-order valence-electron chi connectivity index (χ1n) is 4.71. The summed E-state index contributed by atoms with van der Waals surface area (Å²) in [5, 5.41) is 3.18. The topological polar surface area (TPSA) is 81.4 Å². The lowest BCUT2D eigenvalue weighted by atomic mass is 9.94. The number of carbonyl (C=O) groups excluding carboxylic acids is 2. The monoisotopic (exact) mass is 200 g/mol. The fourth-order valence-corrected chi connectivity index (χ4v) is 1.77. The number of nitrogens with two attached hydrogens (primary N) is 1. The number of hydrogen-bond acceptors (Lipinski definition) is 4. The van der Waals surface area contributed by atoms with Gasteiger partial charge in [-0.15, -0.1) is 0 Å². The van der Waals surface area contributed by atoms with E-state index in [1.54, 1.807) is 0 Å². The van der Waals surface area contributed by atoms with Crippen LogP contribution in [-0.2, 0) is 14.3 Å². The molecule has 0 aromatic carbocycles. The molecule has 1 unspecified atom stereocenters. The fraction of sp³-hybridized carbons (Fsp3) is 0.778. The van der Waals surface area contributed by atoms with E-state index < -0.39 is 5.54 Å². The summed E-state index contributed by atoms with van der Waals surface area (Å²) < 4.78 is 4.92. The number of esters is 1. The Balaban J connectivity index is 2.52. The van der Waals surface area contributed by atoms with Crippen molar-refractivity contribution in [2.45, 2.75) is 31.7 Å². The smallest absolute Gasteiger partial charge is 0.302 e. The molecular weight excluding hydrogens is 184 g/mol. The Hall–Kier alpha value is -1.10. The standard InChI is InChI=1S/C9H16N2O3/c1-7(12)14-6-9(5-8(10)13)3-2-4-11-9/h11H,2-6H2,1H3,(H2,10,13). The predicted octanol–water partition coefficient (Wildman–Crippen LogP) is -0.453. The van der Waals surface area contributed by atoms with Crippen molar-refractivity contribution in [3.63, 3.8) is 0 Å². The maximum atomic E-state index is 10.8. The zero-order valence-corrected chi connectivity index (χ0v) is 8.34. The first-order valence-corrected chi connectivity index (χ1v) is 4.71. The van der Waals surface area contributed by atoms with Gasteiger partial charge in [-0.25, -0.2) is 0 Å². The van der Waals surface area contributed by atoms with Gasteiger partial charge in [0, 0.05) is 13.3 Å². The molecule has 1 rings (SSSR count). The number of nitrogens with one attached hydrogen (secondary N) is 1. The highest BCUT2D eigenvalue weighted by molar-refractivity contribution is 5.75. The summed E-state index contributed by atoms with van der Waals surface area (Å²) in [5.41, 5.74) is 4.73. The SMILES string of the molecule is CC(=O)OCC1(CC(N)=O)CCCN1. The molecule has 80 valence electrons. The van der Waals surface area contributed by atoms with Gasteiger partial charge < -0.3 is 15.8 Å². The Morgan fingerprint density at radius 3 is 2.71 bits per heavy atom. The summed E-state index contributed by atoms with van der Waals surface area (Å²) in [6, 6.07) is 0. The van der Waals surface area contributed by atoms with Gasteiger partial charge in [0.15, 0.2) is 0 Å². The van der Waals surface area contributed by atoms with E-state index in [4.69, 9.17) is 10.5 Å². The van der Waals surface area contributed by atoms with Gasteiger partial charge in [0.2, 0.25) is 5.91 Å². The molecule has 1 atom stereocenters. The first kappa shape index (κ1) is 11.0. The van der Waals surface area contributed by atoms with Crippen molar-refractivity contribution >= 4 is 11.9 Å². The normalized spacial score (nSPS) is 26.1. The molecule has 0 radical (unpaired) electrons. The number of primary amides is 1. The Kier molecular flexibility index (Phi) is 3.46. The molecule has 3 N–H and O–H groups in total. The lowest BCUT2D eigenvalue weighted by molar-refractivity contribution is -0.144. The van der Waals surface area contributed by atoms with Crippen molar-refractivity contribution in [2.75, 3.05) is 13.2 Å². The summed E-state index contributed by atoms with van der Waals surface area (Å²) >= 11 is 0. The maximum Gasteiger partial charge on any atom is 0.302 e. The molecule has 0 aromatic rings. The van der Waals surface area contributed by atoms with Crippen LogP contribution < -0.4 is 11.1 Å². The summed E-state index contributed by atoms with van der Waals surface area (Å²) in [4.78, 5) is 21.5. The van der Waals surface area contributed by atoms with E-state index in [-0.39, 0.29) is 24.9 Å². The van der Waals surface area contributed by atoms with Gasteiger partial charge in [-0.2, -0.15) is 0 Å². The van der Waals surface area contributed by atoms with Crippen molar-refractivity contribution in [1.82, 2.24) is 5.32 Å². The Bertz CT molecular complexity index is 234. The maximum absolute atomic E-state index is 10.8. The molecule has 5 nitrogen and oxygen atoms in total. The van der Waals surface area contributed by atoms with Crippen LogP contribution in [-0.4, -0.2) is 30.6 Å². The third kappa shape index (κ3) is 2.99. The highest BCUT2D eigenvalue weighted by Gasteiger charge is 2.36. The van der Waals surface area contributed by atoms with Gasteiger partial charge in [-0.1, -0.05) is 0 Å². The van der Waals surface area contributed by atoms with Gasteiger partial charge >= 0.3 is 5.97 Å². The summed E-state index contributed by atoms with van der Waals surface area (Å²) in [5.74, 6) is -0.700. The number of carbonyl (C=O) groups is 2. The quantitative estimate of drug-likeness (QED) is 0.602. The van der Waals surface area contributed by atoms with E-state index in [1.165, 1.54) is 6.92 Å². The van der Waals surface area contributed by atoms with Gasteiger partial charge in [-0.05, 0) is 19.4 Å². The van der Waals surface area contributed by atoms with Crippen molar-refractivity contribution in [2.24, 2.45) is 5.73 Å². The predicted molar refractivity (Wildman–Crippen MR) is 50.4 cm³/mol. The molecule has 5 heteroatoms. The average Bonchev–Trinajstić information content (AvgIpc) is 2.49. The Morgan fingerprint density at radius 1 is 1.57 bits per heavy atom. The molecule has 1 amide bonds. The lowest BCUT2D eigenvalue weighted by Crippen LogP contribution is -2.47. The molecule has 0 aliphatic carbocycles. The minimum absolute atomic E-state index is 0.222. The highest BCUT2D eigenvalue weighted by Crippen LogP contribution is 2.23. The van der Waals surface area contributed by atoms with Crippen molar-refractivity contribution in [3.05, 3.63) is 0 Å². The van der Waals surface area contributed by atoms with Crippen LogP contribution in [0.2, 0.25) is 0 Å². The number of amides is 1. The van der Waals surface area contributed by atoms with E-state index >= 15 is 0 Å². The average molecular weight is 200 g/mol. The van der Waals surface area contributed by atoms with Crippen LogP contribution in [0.15, 0.2) is 0 Å². The van der Waals surface area contributed by atoms with Crippen LogP contribution in [0.3, 0.4) is 0 Å². The van der Waals surface area contributed by atoms with E-state index in [2.05, 4.69) is 5.32 Å². The molecule has 1 aliphatic heterocycles.